The summed E-state index contributed by atoms with van der Waals surface area (Å²) in [6.07, 6.45) is 2.84. The van der Waals surface area contributed by atoms with Crippen LogP contribution in [0.4, 0.5) is 0 Å². The van der Waals surface area contributed by atoms with Gasteiger partial charge in [-0.05, 0) is 18.8 Å². The molecule has 0 aliphatic heterocycles. The van der Waals surface area contributed by atoms with Crippen molar-refractivity contribution in [2.75, 3.05) is 6.54 Å². The van der Waals surface area contributed by atoms with Crippen molar-refractivity contribution >= 4 is 11.9 Å². The molecule has 16 heavy (non-hydrogen) atoms. The van der Waals surface area contributed by atoms with E-state index < -0.39 is 5.97 Å². The first-order valence-electron chi connectivity index (χ1n) is 5.99. The molecule has 0 aromatic carbocycles. The smallest absolute Gasteiger partial charge is 0.323 e. The standard InChI is InChI=1S/C12H21NO3/c1-4-8(2)9(3)12(16)13(7-11(14)15)10-5-6-10/h8-10H,4-7H2,1-3H3,(H,14,15). The van der Waals surface area contributed by atoms with Crippen molar-refractivity contribution in [3.05, 3.63) is 0 Å². The minimum Gasteiger partial charge on any atom is -0.480 e. The number of carboxylic acid groups (broad SMARTS) is 1. The van der Waals surface area contributed by atoms with Gasteiger partial charge in [-0.2, -0.15) is 0 Å². The van der Waals surface area contributed by atoms with Crippen molar-refractivity contribution < 1.29 is 14.7 Å². The maximum atomic E-state index is 12.1. The van der Waals surface area contributed by atoms with E-state index in [0.29, 0.717) is 5.92 Å². The summed E-state index contributed by atoms with van der Waals surface area (Å²) < 4.78 is 0. The summed E-state index contributed by atoms with van der Waals surface area (Å²) in [5, 5.41) is 8.79. The van der Waals surface area contributed by atoms with Gasteiger partial charge in [0, 0.05) is 12.0 Å². The fourth-order valence-corrected chi connectivity index (χ4v) is 1.78. The van der Waals surface area contributed by atoms with Crippen molar-refractivity contribution in [1.82, 2.24) is 4.90 Å². The number of amides is 1. The van der Waals surface area contributed by atoms with Gasteiger partial charge in [-0.25, -0.2) is 0 Å². The minimum absolute atomic E-state index is 0.000694. The quantitative estimate of drug-likeness (QED) is 0.752. The lowest BCUT2D eigenvalue weighted by atomic mass is 9.92. The molecular weight excluding hydrogens is 206 g/mol. The Morgan fingerprint density at radius 3 is 2.31 bits per heavy atom. The van der Waals surface area contributed by atoms with Gasteiger partial charge in [0.15, 0.2) is 0 Å². The van der Waals surface area contributed by atoms with E-state index in [1.54, 1.807) is 4.90 Å². The van der Waals surface area contributed by atoms with Crippen LogP contribution in [-0.4, -0.2) is 34.5 Å². The summed E-state index contributed by atoms with van der Waals surface area (Å²) >= 11 is 0. The SMILES string of the molecule is CCC(C)C(C)C(=O)N(CC(=O)O)C1CC1. The summed E-state index contributed by atoms with van der Waals surface area (Å²) in [5.74, 6) is -0.691. The van der Waals surface area contributed by atoms with E-state index >= 15 is 0 Å². The van der Waals surface area contributed by atoms with Crippen LogP contribution in [0.25, 0.3) is 0 Å². The van der Waals surface area contributed by atoms with Crippen LogP contribution in [0.2, 0.25) is 0 Å². The van der Waals surface area contributed by atoms with Gasteiger partial charge in [-0.3, -0.25) is 9.59 Å². The second-order valence-corrected chi connectivity index (χ2v) is 4.77. The lowest BCUT2D eigenvalue weighted by molar-refractivity contribution is -0.147. The van der Waals surface area contributed by atoms with Gasteiger partial charge in [0.05, 0.1) is 0 Å². The molecule has 1 amide bonds. The van der Waals surface area contributed by atoms with Gasteiger partial charge in [0.1, 0.15) is 6.54 Å². The van der Waals surface area contributed by atoms with E-state index in [9.17, 15) is 9.59 Å². The number of nitrogens with zero attached hydrogens (tertiary/aromatic N) is 1. The maximum absolute atomic E-state index is 12.1. The van der Waals surface area contributed by atoms with Crippen molar-refractivity contribution in [2.45, 2.75) is 46.1 Å². The average molecular weight is 227 g/mol. The molecule has 1 fully saturated rings. The Hall–Kier alpha value is -1.06. The van der Waals surface area contributed by atoms with E-state index in [4.69, 9.17) is 5.11 Å². The van der Waals surface area contributed by atoms with Crippen molar-refractivity contribution in [3.8, 4) is 0 Å². The molecule has 1 N–H and O–H groups in total. The second-order valence-electron chi connectivity index (χ2n) is 4.77. The third-order valence-electron chi connectivity index (χ3n) is 3.46. The first kappa shape index (κ1) is 13.0. The molecule has 0 radical (unpaired) electrons. The van der Waals surface area contributed by atoms with Crippen LogP contribution in [0, 0.1) is 11.8 Å². The number of aliphatic carboxylic acids is 1. The highest BCUT2D eigenvalue weighted by Gasteiger charge is 2.36. The topological polar surface area (TPSA) is 57.6 Å². The van der Waals surface area contributed by atoms with E-state index in [0.717, 1.165) is 19.3 Å². The van der Waals surface area contributed by atoms with Crippen LogP contribution >= 0.6 is 0 Å². The summed E-state index contributed by atoms with van der Waals surface area (Å²) in [4.78, 5) is 24.4. The number of carbonyl (C=O) groups excluding carboxylic acids is 1. The molecule has 1 aliphatic rings. The highest BCUT2D eigenvalue weighted by molar-refractivity contribution is 5.83. The van der Waals surface area contributed by atoms with Crippen LogP contribution in [0.1, 0.15) is 40.0 Å². The van der Waals surface area contributed by atoms with Gasteiger partial charge < -0.3 is 10.0 Å². The zero-order chi connectivity index (χ0) is 12.3. The molecule has 4 heteroatoms. The van der Waals surface area contributed by atoms with Crippen molar-refractivity contribution in [1.29, 1.82) is 0 Å². The summed E-state index contributed by atoms with van der Waals surface area (Å²) in [7, 11) is 0. The molecule has 4 nitrogen and oxygen atoms in total. The number of carboxylic acids is 1. The Morgan fingerprint density at radius 1 is 1.38 bits per heavy atom. The number of rotatable bonds is 6. The fourth-order valence-electron chi connectivity index (χ4n) is 1.78. The molecule has 92 valence electrons. The number of hydrogen-bond donors (Lipinski definition) is 1. The third-order valence-corrected chi connectivity index (χ3v) is 3.46. The van der Waals surface area contributed by atoms with Crippen LogP contribution in [0.5, 0.6) is 0 Å². The monoisotopic (exact) mass is 227 g/mol. The van der Waals surface area contributed by atoms with Gasteiger partial charge in [0.2, 0.25) is 5.91 Å². The van der Waals surface area contributed by atoms with E-state index in [1.807, 2.05) is 20.8 Å². The Bertz CT molecular complexity index is 273. The lowest BCUT2D eigenvalue weighted by Crippen LogP contribution is -2.42. The normalized spacial score (nSPS) is 18.9. The molecule has 0 heterocycles. The van der Waals surface area contributed by atoms with Crippen molar-refractivity contribution in [3.63, 3.8) is 0 Å². The highest BCUT2D eigenvalue weighted by Crippen LogP contribution is 2.29. The average Bonchev–Trinajstić information content (AvgIpc) is 3.06. The molecule has 0 spiro atoms. The predicted octanol–water partition coefficient (Wildman–Crippen LogP) is 1.74. The Balaban J connectivity index is 2.63. The van der Waals surface area contributed by atoms with Gasteiger partial charge in [-0.15, -0.1) is 0 Å². The molecule has 2 atom stereocenters. The predicted molar refractivity (Wildman–Crippen MR) is 61.0 cm³/mol. The zero-order valence-electron chi connectivity index (χ0n) is 10.3. The van der Waals surface area contributed by atoms with Crippen LogP contribution in [0.3, 0.4) is 0 Å². The number of carbonyl (C=O) groups is 2. The molecule has 2 unspecified atom stereocenters. The van der Waals surface area contributed by atoms with E-state index in [2.05, 4.69) is 0 Å². The van der Waals surface area contributed by atoms with Crippen molar-refractivity contribution in [2.24, 2.45) is 11.8 Å². The van der Waals surface area contributed by atoms with E-state index in [1.165, 1.54) is 0 Å². The summed E-state index contributed by atoms with van der Waals surface area (Å²) in [6, 6.07) is 0.176. The second kappa shape index (κ2) is 5.32. The van der Waals surface area contributed by atoms with Gasteiger partial charge in [0.25, 0.3) is 0 Å². The van der Waals surface area contributed by atoms with Crippen LogP contribution in [0.15, 0.2) is 0 Å². The molecule has 0 aromatic heterocycles. The van der Waals surface area contributed by atoms with Crippen LogP contribution in [-0.2, 0) is 9.59 Å². The minimum atomic E-state index is -0.920. The van der Waals surface area contributed by atoms with E-state index in [-0.39, 0.29) is 24.4 Å². The Morgan fingerprint density at radius 2 is 1.94 bits per heavy atom. The fraction of sp³-hybridized carbons (Fsp3) is 0.833. The zero-order valence-corrected chi connectivity index (χ0v) is 10.3. The summed E-state index contributed by atoms with van der Waals surface area (Å²) in [5.41, 5.74) is 0. The highest BCUT2D eigenvalue weighted by atomic mass is 16.4. The molecule has 1 aliphatic carbocycles. The van der Waals surface area contributed by atoms with Gasteiger partial charge >= 0.3 is 5.97 Å². The maximum Gasteiger partial charge on any atom is 0.323 e. The lowest BCUT2D eigenvalue weighted by Gasteiger charge is -2.26. The molecule has 1 saturated carbocycles. The number of hydrogen-bond acceptors (Lipinski definition) is 2. The van der Waals surface area contributed by atoms with Crippen LogP contribution < -0.4 is 0 Å². The molecule has 1 rings (SSSR count). The first-order chi connectivity index (χ1) is 7.47. The third kappa shape index (κ3) is 3.22. The molecule has 0 aromatic rings. The molecular formula is C12H21NO3. The van der Waals surface area contributed by atoms with Gasteiger partial charge in [-0.1, -0.05) is 27.2 Å². The first-order valence-corrected chi connectivity index (χ1v) is 5.99. The largest absolute Gasteiger partial charge is 0.480 e. The molecule has 0 saturated heterocycles. The Labute approximate surface area is 96.6 Å². The molecule has 0 bridgehead atoms. The summed E-state index contributed by atoms with van der Waals surface area (Å²) in [6.45, 7) is 5.83. The Kier molecular flexibility index (Phi) is 4.33.